The minimum atomic E-state index is -1.43. The third-order valence-electron chi connectivity index (χ3n) is 2.72. The largest absolute Gasteiger partial charge is 0.379 e. The lowest BCUT2D eigenvalue weighted by Gasteiger charge is -2.07. The number of hydrogen-bond donors (Lipinski definition) is 0. The van der Waals surface area contributed by atoms with Crippen molar-refractivity contribution in [1.29, 1.82) is 0 Å². The van der Waals surface area contributed by atoms with Crippen molar-refractivity contribution in [3.63, 3.8) is 0 Å². The SMILES string of the molecule is CCCOCCOCCOCCOS(=O)c1ccc(C)cc1. The summed E-state index contributed by atoms with van der Waals surface area (Å²) in [7, 11) is 0. The Labute approximate surface area is 135 Å². The molecule has 0 amide bonds. The molecule has 0 aliphatic rings. The van der Waals surface area contributed by atoms with Crippen LogP contribution in [-0.2, 0) is 29.5 Å². The molecule has 0 radical (unpaired) electrons. The van der Waals surface area contributed by atoms with E-state index in [9.17, 15) is 4.21 Å². The molecule has 0 fully saturated rings. The van der Waals surface area contributed by atoms with E-state index in [1.165, 1.54) is 0 Å². The van der Waals surface area contributed by atoms with E-state index in [2.05, 4.69) is 6.92 Å². The van der Waals surface area contributed by atoms with Crippen LogP contribution < -0.4 is 0 Å². The topological polar surface area (TPSA) is 54.0 Å². The lowest BCUT2D eigenvalue weighted by atomic mass is 10.2. The van der Waals surface area contributed by atoms with Crippen LogP contribution in [0.2, 0.25) is 0 Å². The Balaban J connectivity index is 1.93. The number of benzene rings is 1. The predicted molar refractivity (Wildman–Crippen MR) is 86.3 cm³/mol. The Bertz CT molecular complexity index is 408. The minimum Gasteiger partial charge on any atom is -0.379 e. The van der Waals surface area contributed by atoms with Crippen LogP contribution in [0, 0.1) is 6.92 Å². The van der Waals surface area contributed by atoms with Gasteiger partial charge in [-0.05, 0) is 25.5 Å². The molecule has 0 aromatic heterocycles. The van der Waals surface area contributed by atoms with Crippen LogP contribution in [0.1, 0.15) is 18.9 Å². The van der Waals surface area contributed by atoms with Gasteiger partial charge in [-0.1, -0.05) is 24.6 Å². The third kappa shape index (κ3) is 9.27. The second-order valence-corrected chi connectivity index (χ2v) is 5.88. The highest BCUT2D eigenvalue weighted by molar-refractivity contribution is 7.80. The Kier molecular flexibility index (Phi) is 11.1. The maximum Gasteiger partial charge on any atom is 0.189 e. The van der Waals surface area contributed by atoms with Crippen LogP contribution in [0.5, 0.6) is 0 Å². The van der Waals surface area contributed by atoms with E-state index in [0.717, 1.165) is 18.6 Å². The van der Waals surface area contributed by atoms with Gasteiger partial charge in [-0.25, -0.2) is 4.21 Å². The van der Waals surface area contributed by atoms with E-state index in [1.807, 2.05) is 19.1 Å². The molecular weight excluding hydrogens is 304 g/mol. The Hall–Kier alpha value is -0.790. The highest BCUT2D eigenvalue weighted by Crippen LogP contribution is 2.08. The van der Waals surface area contributed by atoms with Gasteiger partial charge in [-0.3, -0.25) is 4.18 Å². The van der Waals surface area contributed by atoms with Crippen molar-refractivity contribution in [2.45, 2.75) is 25.2 Å². The molecule has 0 saturated heterocycles. The molecular formula is C16H26O5S. The second-order valence-electron chi connectivity index (χ2n) is 4.71. The molecule has 0 aliphatic carbocycles. The van der Waals surface area contributed by atoms with Gasteiger partial charge in [0.2, 0.25) is 0 Å². The molecule has 5 nitrogen and oxygen atoms in total. The van der Waals surface area contributed by atoms with Crippen molar-refractivity contribution in [3.8, 4) is 0 Å². The molecule has 1 unspecified atom stereocenters. The van der Waals surface area contributed by atoms with Crippen LogP contribution >= 0.6 is 0 Å². The number of aryl methyl sites for hydroxylation is 1. The highest BCUT2D eigenvalue weighted by atomic mass is 32.2. The molecule has 1 aromatic rings. The molecule has 0 saturated carbocycles. The molecule has 0 N–H and O–H groups in total. The number of ether oxygens (including phenoxy) is 3. The van der Waals surface area contributed by atoms with Crippen molar-refractivity contribution in [1.82, 2.24) is 0 Å². The summed E-state index contributed by atoms with van der Waals surface area (Å²) in [6, 6.07) is 7.44. The quantitative estimate of drug-likeness (QED) is 0.520. The maximum atomic E-state index is 11.8. The van der Waals surface area contributed by atoms with Crippen LogP contribution in [0.25, 0.3) is 0 Å². The van der Waals surface area contributed by atoms with Gasteiger partial charge < -0.3 is 14.2 Å². The summed E-state index contributed by atoms with van der Waals surface area (Å²) in [5.74, 6) is 0. The summed E-state index contributed by atoms with van der Waals surface area (Å²) >= 11 is -1.43. The first kappa shape index (κ1) is 19.3. The Morgan fingerprint density at radius 1 is 0.818 bits per heavy atom. The third-order valence-corrected chi connectivity index (χ3v) is 3.76. The molecule has 0 bridgehead atoms. The van der Waals surface area contributed by atoms with E-state index in [0.29, 0.717) is 44.5 Å². The molecule has 1 aromatic carbocycles. The zero-order valence-electron chi connectivity index (χ0n) is 13.4. The smallest absolute Gasteiger partial charge is 0.189 e. The van der Waals surface area contributed by atoms with Gasteiger partial charge in [-0.2, -0.15) is 0 Å². The zero-order chi connectivity index (χ0) is 16.0. The van der Waals surface area contributed by atoms with Gasteiger partial charge in [0.15, 0.2) is 11.1 Å². The van der Waals surface area contributed by atoms with Crippen LogP contribution in [0.4, 0.5) is 0 Å². The van der Waals surface area contributed by atoms with Crippen molar-refractivity contribution < 1.29 is 22.6 Å². The zero-order valence-corrected chi connectivity index (χ0v) is 14.2. The fourth-order valence-corrected chi connectivity index (χ4v) is 2.29. The first-order chi connectivity index (χ1) is 10.7. The molecule has 6 heteroatoms. The van der Waals surface area contributed by atoms with Gasteiger partial charge in [0.05, 0.1) is 44.5 Å². The average Bonchev–Trinajstić information content (AvgIpc) is 2.53. The summed E-state index contributed by atoms with van der Waals surface area (Å²) in [5.41, 5.74) is 1.13. The van der Waals surface area contributed by atoms with E-state index >= 15 is 0 Å². The lowest BCUT2D eigenvalue weighted by molar-refractivity contribution is 0.0101. The van der Waals surface area contributed by atoms with Crippen molar-refractivity contribution >= 4 is 11.1 Å². The normalized spacial score (nSPS) is 12.5. The summed E-state index contributed by atoms with van der Waals surface area (Å²) in [6.07, 6.45) is 1.02. The second kappa shape index (κ2) is 12.7. The number of hydrogen-bond acceptors (Lipinski definition) is 5. The Morgan fingerprint density at radius 2 is 1.32 bits per heavy atom. The summed E-state index contributed by atoms with van der Waals surface area (Å²) in [5, 5.41) is 0. The van der Waals surface area contributed by atoms with Crippen LogP contribution in [0.15, 0.2) is 29.2 Å². The van der Waals surface area contributed by atoms with E-state index in [4.69, 9.17) is 18.4 Å². The van der Waals surface area contributed by atoms with Crippen molar-refractivity contribution in [2.75, 3.05) is 46.2 Å². The van der Waals surface area contributed by atoms with E-state index in [-0.39, 0.29) is 0 Å². The van der Waals surface area contributed by atoms with Gasteiger partial charge in [0.25, 0.3) is 0 Å². The number of rotatable bonds is 13. The van der Waals surface area contributed by atoms with E-state index < -0.39 is 11.1 Å². The maximum absolute atomic E-state index is 11.8. The van der Waals surface area contributed by atoms with Gasteiger partial charge in [-0.15, -0.1) is 0 Å². The first-order valence-corrected chi connectivity index (χ1v) is 8.66. The summed E-state index contributed by atoms with van der Waals surface area (Å²) < 4.78 is 33.0. The van der Waals surface area contributed by atoms with Crippen LogP contribution in [0.3, 0.4) is 0 Å². The van der Waals surface area contributed by atoms with Gasteiger partial charge >= 0.3 is 0 Å². The fourth-order valence-electron chi connectivity index (χ4n) is 1.57. The Morgan fingerprint density at radius 3 is 1.86 bits per heavy atom. The fraction of sp³-hybridized carbons (Fsp3) is 0.625. The molecule has 126 valence electrons. The standard InChI is InChI=1S/C16H26O5S/c1-3-8-18-9-10-19-11-12-20-13-14-21-22(17)16-6-4-15(2)5-7-16/h4-7H,3,8-14H2,1-2H3. The highest BCUT2D eigenvalue weighted by Gasteiger charge is 2.03. The lowest BCUT2D eigenvalue weighted by Crippen LogP contribution is -2.12. The molecule has 0 spiro atoms. The summed E-state index contributed by atoms with van der Waals surface area (Å²) in [4.78, 5) is 0.668. The molecule has 22 heavy (non-hydrogen) atoms. The van der Waals surface area contributed by atoms with Crippen molar-refractivity contribution in [3.05, 3.63) is 29.8 Å². The minimum absolute atomic E-state index is 0.292. The summed E-state index contributed by atoms with van der Waals surface area (Å²) in [6.45, 7) is 7.74. The van der Waals surface area contributed by atoms with Gasteiger partial charge in [0, 0.05) is 6.61 Å². The monoisotopic (exact) mass is 330 g/mol. The average molecular weight is 330 g/mol. The first-order valence-electron chi connectivity index (χ1n) is 7.59. The molecule has 0 heterocycles. The van der Waals surface area contributed by atoms with Crippen LogP contribution in [-0.4, -0.2) is 50.5 Å². The molecule has 1 atom stereocenters. The van der Waals surface area contributed by atoms with Gasteiger partial charge in [0.1, 0.15) is 0 Å². The van der Waals surface area contributed by atoms with Crippen molar-refractivity contribution in [2.24, 2.45) is 0 Å². The molecule has 0 aliphatic heterocycles. The molecule has 1 rings (SSSR count). The van der Waals surface area contributed by atoms with E-state index in [1.54, 1.807) is 12.1 Å². The predicted octanol–water partition coefficient (Wildman–Crippen LogP) is 2.49.